The van der Waals surface area contributed by atoms with Gasteiger partial charge >= 0.3 is 0 Å². The molecule has 0 heterocycles. The molecule has 2 aromatic rings. The minimum Gasteiger partial charge on any atom is -0.492 e. The molecule has 2 aromatic carbocycles. The number of nitrogens with one attached hydrogen (secondary N) is 4. The third-order valence-electron chi connectivity index (χ3n) is 6.13. The largest absolute Gasteiger partial charge is 0.492 e. The SMILES string of the molecule is C=CC(=O)Nc1cccc(NC(=C)/C(Cl)=C\N=C(N)Nc2ccc(OCCCP(=O)(OCC)N(CCC)CCNC)c(Cl)c2)c1. The smallest absolute Gasteiger partial charge is 0.272 e. The van der Waals surface area contributed by atoms with Crippen LogP contribution in [0.1, 0.15) is 26.7 Å². The minimum absolute atomic E-state index is 0.0707. The van der Waals surface area contributed by atoms with Crippen LogP contribution in [0.25, 0.3) is 0 Å². The molecule has 0 fully saturated rings. The second-order valence-electron chi connectivity index (χ2n) is 9.68. The summed E-state index contributed by atoms with van der Waals surface area (Å²) < 4.78 is 27.2. The fourth-order valence-electron chi connectivity index (χ4n) is 4.03. The Balaban J connectivity index is 1.93. The molecular weight excluding hydrogens is 636 g/mol. The number of aliphatic imine (C=N–C) groups is 1. The first-order valence-corrected chi connectivity index (χ1v) is 17.1. The highest BCUT2D eigenvalue weighted by atomic mass is 35.5. The Bertz CT molecular complexity index is 1400. The highest BCUT2D eigenvalue weighted by Crippen LogP contribution is 2.51. The Morgan fingerprint density at radius 2 is 1.82 bits per heavy atom. The molecule has 0 spiro atoms. The summed E-state index contributed by atoms with van der Waals surface area (Å²) in [6.45, 7) is 14.1. The molecule has 1 atom stereocenters. The van der Waals surface area contributed by atoms with Gasteiger partial charge in [0.05, 0.1) is 35.2 Å². The highest BCUT2D eigenvalue weighted by Gasteiger charge is 2.30. The average Bonchev–Trinajstić information content (AvgIpc) is 3.01. The van der Waals surface area contributed by atoms with Gasteiger partial charge in [-0.05, 0) is 69.3 Å². The number of rotatable bonds is 20. The summed E-state index contributed by atoms with van der Waals surface area (Å²) in [5.41, 5.74) is 8.24. The molecule has 0 aliphatic rings. The number of carbonyl (C=O) groups is 1. The van der Waals surface area contributed by atoms with Crippen LogP contribution in [0, 0.1) is 0 Å². The van der Waals surface area contributed by atoms with E-state index in [9.17, 15) is 9.36 Å². The Kier molecular flexibility index (Phi) is 16.8. The van der Waals surface area contributed by atoms with Crippen molar-refractivity contribution in [2.75, 3.05) is 62.0 Å². The number of nitrogens with two attached hydrogens (primary N) is 1. The minimum atomic E-state index is -2.98. The molecule has 1 unspecified atom stereocenters. The molecule has 0 aromatic heterocycles. The lowest BCUT2D eigenvalue weighted by atomic mass is 10.2. The van der Waals surface area contributed by atoms with E-state index in [2.05, 4.69) is 46.3 Å². The Morgan fingerprint density at radius 1 is 1.11 bits per heavy atom. The molecule has 1 amide bonds. The van der Waals surface area contributed by atoms with E-state index >= 15 is 0 Å². The van der Waals surface area contributed by atoms with Crippen LogP contribution in [-0.4, -0.2) is 62.6 Å². The third-order valence-corrected chi connectivity index (χ3v) is 9.55. The van der Waals surface area contributed by atoms with Gasteiger partial charge in [0.15, 0.2) is 5.96 Å². The summed E-state index contributed by atoms with van der Waals surface area (Å²) in [5.74, 6) is 0.241. The standard InChI is InChI=1S/C31H44Cl2N7O4P/c1-6-16-40(17-15-35-5)45(42,44-8-3)19-10-18-43-29-14-13-26(21-27(29)32)39-31(34)36-22-28(33)23(4)37-24-11-9-12-25(20-24)38-30(41)7-2/h7,9,11-14,20-22,35,37H,2,4,6,8,10,15-19H2,1,3,5H3,(H,38,41)(H3,34,36,39)/b28-22+. The van der Waals surface area contributed by atoms with E-state index in [1.54, 1.807) is 42.5 Å². The molecule has 6 N–H and O–H groups in total. The van der Waals surface area contributed by atoms with Crippen molar-refractivity contribution in [1.29, 1.82) is 0 Å². The summed E-state index contributed by atoms with van der Waals surface area (Å²) in [6.07, 6.45) is 4.34. The van der Waals surface area contributed by atoms with Gasteiger partial charge in [0.2, 0.25) is 5.91 Å². The Morgan fingerprint density at radius 3 is 2.47 bits per heavy atom. The van der Waals surface area contributed by atoms with E-state index in [1.165, 1.54) is 12.3 Å². The molecule has 0 saturated heterocycles. The lowest BCUT2D eigenvalue weighted by Gasteiger charge is -2.30. The van der Waals surface area contributed by atoms with Gasteiger partial charge in [0.25, 0.3) is 7.52 Å². The van der Waals surface area contributed by atoms with Gasteiger partial charge in [0.1, 0.15) is 5.75 Å². The zero-order chi connectivity index (χ0) is 33.2. The molecule has 0 saturated carbocycles. The lowest BCUT2D eigenvalue weighted by molar-refractivity contribution is -0.111. The predicted molar refractivity (Wildman–Crippen MR) is 189 cm³/mol. The van der Waals surface area contributed by atoms with E-state index in [0.29, 0.717) is 72.4 Å². The van der Waals surface area contributed by atoms with Crippen molar-refractivity contribution in [3.63, 3.8) is 0 Å². The molecule has 0 radical (unpaired) electrons. The van der Waals surface area contributed by atoms with Crippen LogP contribution >= 0.6 is 30.7 Å². The average molecular weight is 681 g/mol. The van der Waals surface area contributed by atoms with Gasteiger partial charge in [-0.15, -0.1) is 0 Å². The molecule has 45 heavy (non-hydrogen) atoms. The van der Waals surface area contributed by atoms with Crippen LogP contribution in [0.4, 0.5) is 17.1 Å². The zero-order valence-electron chi connectivity index (χ0n) is 26.1. The van der Waals surface area contributed by atoms with Crippen molar-refractivity contribution >= 4 is 59.7 Å². The van der Waals surface area contributed by atoms with Crippen molar-refractivity contribution in [1.82, 2.24) is 9.99 Å². The maximum Gasteiger partial charge on any atom is 0.272 e. The number of nitrogens with zero attached hydrogens (tertiary/aromatic N) is 2. The van der Waals surface area contributed by atoms with Crippen LogP contribution in [-0.2, 0) is 13.9 Å². The van der Waals surface area contributed by atoms with E-state index < -0.39 is 7.52 Å². The number of hydrogen-bond acceptors (Lipinski definition) is 7. The van der Waals surface area contributed by atoms with Crippen LogP contribution in [0.3, 0.4) is 0 Å². The lowest BCUT2D eigenvalue weighted by Crippen LogP contribution is -2.31. The summed E-state index contributed by atoms with van der Waals surface area (Å²) in [4.78, 5) is 15.7. The van der Waals surface area contributed by atoms with E-state index in [0.717, 1.165) is 13.0 Å². The summed E-state index contributed by atoms with van der Waals surface area (Å²) >= 11 is 12.8. The maximum atomic E-state index is 13.6. The van der Waals surface area contributed by atoms with Crippen molar-refractivity contribution < 1.29 is 18.6 Å². The number of carbonyl (C=O) groups excluding carboxylic acids is 1. The summed E-state index contributed by atoms with van der Waals surface area (Å²) in [5, 5.41) is 12.4. The van der Waals surface area contributed by atoms with Crippen LogP contribution in [0.2, 0.25) is 5.02 Å². The maximum absolute atomic E-state index is 13.6. The van der Waals surface area contributed by atoms with Crippen molar-refractivity contribution in [2.45, 2.75) is 26.7 Å². The van der Waals surface area contributed by atoms with E-state index in [4.69, 9.17) is 38.2 Å². The second-order valence-corrected chi connectivity index (χ2v) is 13.0. The van der Waals surface area contributed by atoms with Gasteiger partial charge in [-0.1, -0.05) is 49.3 Å². The van der Waals surface area contributed by atoms with Crippen LogP contribution in [0.15, 0.2) is 83.6 Å². The van der Waals surface area contributed by atoms with Gasteiger partial charge in [0, 0.05) is 42.9 Å². The van der Waals surface area contributed by atoms with E-state index in [-0.39, 0.29) is 16.9 Å². The molecule has 0 bridgehead atoms. The first-order chi connectivity index (χ1) is 21.5. The number of allylic oxidation sites excluding steroid dienone is 1. The molecule has 0 aliphatic carbocycles. The predicted octanol–water partition coefficient (Wildman–Crippen LogP) is 6.83. The number of hydrogen-bond donors (Lipinski definition) is 5. The quantitative estimate of drug-likeness (QED) is 0.0254. The van der Waals surface area contributed by atoms with Crippen molar-refractivity contribution in [2.24, 2.45) is 10.7 Å². The highest BCUT2D eigenvalue weighted by molar-refractivity contribution is 7.56. The van der Waals surface area contributed by atoms with Crippen molar-refractivity contribution in [3.05, 3.63) is 83.7 Å². The molecule has 0 aliphatic heterocycles. The fourth-order valence-corrected chi connectivity index (χ4v) is 6.78. The van der Waals surface area contributed by atoms with Gasteiger partial charge in [-0.3, -0.25) is 9.36 Å². The number of ether oxygens (including phenoxy) is 1. The molecular formula is C31H44Cl2N7O4P. The summed E-state index contributed by atoms with van der Waals surface area (Å²) in [7, 11) is -1.10. The number of halogens is 2. The van der Waals surface area contributed by atoms with E-state index in [1.807, 2.05) is 18.6 Å². The van der Waals surface area contributed by atoms with Gasteiger partial charge in [-0.25, -0.2) is 9.66 Å². The van der Waals surface area contributed by atoms with Crippen molar-refractivity contribution in [3.8, 4) is 5.75 Å². The summed E-state index contributed by atoms with van der Waals surface area (Å²) in [6, 6.07) is 12.2. The van der Waals surface area contributed by atoms with Crippen LogP contribution in [0.5, 0.6) is 5.75 Å². The van der Waals surface area contributed by atoms with Crippen LogP contribution < -0.4 is 31.7 Å². The Labute approximate surface area is 276 Å². The molecule has 2 rings (SSSR count). The number of anilines is 3. The molecule has 246 valence electrons. The normalized spacial score (nSPS) is 13.2. The second kappa shape index (κ2) is 19.9. The topological polar surface area (TPSA) is 142 Å². The molecule has 14 heteroatoms. The fraction of sp³-hybridized carbons (Fsp3) is 0.355. The monoisotopic (exact) mass is 679 g/mol. The zero-order valence-corrected chi connectivity index (χ0v) is 28.5. The number of amides is 1. The number of guanidine groups is 1. The van der Waals surface area contributed by atoms with Gasteiger partial charge < -0.3 is 36.3 Å². The third kappa shape index (κ3) is 13.3. The number of likely N-dealkylation sites (N-methyl/N-ethyl adjacent to an activating group) is 1. The van der Waals surface area contributed by atoms with Gasteiger partial charge in [-0.2, -0.15) is 0 Å². The molecule has 11 nitrogen and oxygen atoms in total. The first kappa shape index (κ1) is 37.9. The number of benzene rings is 2. The Hall–Kier alpha value is -3.31. The first-order valence-electron chi connectivity index (χ1n) is 14.6.